The Morgan fingerprint density at radius 3 is 2.25 bits per heavy atom. The van der Waals surface area contributed by atoms with Crippen LogP contribution in [0.4, 0.5) is 0 Å². The van der Waals surface area contributed by atoms with E-state index >= 15 is 0 Å². The number of nitrogens with zero attached hydrogens (tertiary/aromatic N) is 2. The van der Waals surface area contributed by atoms with Gasteiger partial charge in [0, 0.05) is 19.6 Å². The van der Waals surface area contributed by atoms with E-state index in [4.69, 9.17) is 14.3 Å². The summed E-state index contributed by atoms with van der Waals surface area (Å²) in [6, 6.07) is 1.82. The Morgan fingerprint density at radius 2 is 2.06 bits per heavy atom. The zero-order chi connectivity index (χ0) is 12.8. The van der Waals surface area contributed by atoms with Crippen LogP contribution in [0.2, 0.25) is 0 Å². The number of nitriles is 1. The number of hydrogen-bond acceptors (Lipinski definition) is 5. The van der Waals surface area contributed by atoms with Crippen LogP contribution in [0.3, 0.4) is 0 Å². The minimum atomic E-state index is -3.67. The zero-order valence-electron chi connectivity index (χ0n) is 9.97. The maximum Gasteiger partial charge on any atom is 0.439 e. The summed E-state index contributed by atoms with van der Waals surface area (Å²) in [4.78, 5) is 12.0. The highest BCUT2D eigenvalue weighted by Crippen LogP contribution is 2.62. The van der Waals surface area contributed by atoms with E-state index in [1.807, 2.05) is 6.07 Å². The lowest BCUT2D eigenvalue weighted by Gasteiger charge is -2.31. The molecule has 0 aromatic rings. The Labute approximate surface area is 94.7 Å². The lowest BCUT2D eigenvalue weighted by Crippen LogP contribution is -2.49. The van der Waals surface area contributed by atoms with Crippen molar-refractivity contribution in [3.8, 4) is 6.07 Å². The topological polar surface area (TPSA) is 79.6 Å². The molecule has 16 heavy (non-hydrogen) atoms. The number of rotatable bonds is 1. The third-order valence-electron chi connectivity index (χ3n) is 2.66. The van der Waals surface area contributed by atoms with Crippen molar-refractivity contribution in [3.05, 3.63) is 0 Å². The molecule has 0 aliphatic carbocycles. The van der Waals surface area contributed by atoms with E-state index in [0.29, 0.717) is 0 Å². The van der Waals surface area contributed by atoms with Gasteiger partial charge < -0.3 is 0 Å². The lowest BCUT2D eigenvalue weighted by atomic mass is 9.77. The molecule has 1 aliphatic heterocycles. The average Bonchev–Trinajstić information content (AvgIpc) is 2.40. The van der Waals surface area contributed by atoms with Crippen LogP contribution in [0.5, 0.6) is 0 Å². The molecule has 7 heteroatoms. The first-order valence-corrected chi connectivity index (χ1v) is 6.20. The van der Waals surface area contributed by atoms with Crippen molar-refractivity contribution in [2.24, 2.45) is 5.41 Å². The summed E-state index contributed by atoms with van der Waals surface area (Å²) < 4.78 is 22.8. The van der Waals surface area contributed by atoms with Gasteiger partial charge in [0.15, 0.2) is 0 Å². The van der Waals surface area contributed by atoms with Gasteiger partial charge >= 0.3 is 7.75 Å². The Hall–Kier alpha value is -0.890. The summed E-state index contributed by atoms with van der Waals surface area (Å²) in [5.41, 5.74) is -2.55. The van der Waals surface area contributed by atoms with E-state index in [1.54, 1.807) is 20.8 Å². The minimum Gasteiger partial charge on any atom is -0.295 e. The number of hydrogen-bond donors (Lipinski definition) is 0. The highest BCUT2D eigenvalue weighted by atomic mass is 31.2. The number of carbonyl (C=O) groups is 1. The monoisotopic (exact) mass is 246 g/mol. The molecule has 2 atom stereocenters. The summed E-state index contributed by atoms with van der Waals surface area (Å²) in [7, 11) is -1.19. The number of likely N-dealkylation sites (N-methyl/N-ethyl adjacent to an activating group) is 1. The molecule has 0 spiro atoms. The molecule has 0 unspecified atom stereocenters. The fourth-order valence-corrected chi connectivity index (χ4v) is 3.01. The van der Waals surface area contributed by atoms with Gasteiger partial charge in [0.1, 0.15) is 6.07 Å². The molecule has 0 saturated carbocycles. The molecule has 1 amide bonds. The van der Waals surface area contributed by atoms with Gasteiger partial charge in [-0.05, 0) is 0 Å². The molecule has 0 N–H and O–H groups in total. The van der Waals surface area contributed by atoms with Crippen LogP contribution in [0.15, 0.2) is 0 Å². The van der Waals surface area contributed by atoms with Crippen LogP contribution in [-0.2, 0) is 18.4 Å². The Bertz CT molecular complexity index is 409. The summed E-state index contributed by atoms with van der Waals surface area (Å²) >= 11 is 0. The zero-order valence-corrected chi connectivity index (χ0v) is 10.9. The Kier molecular flexibility index (Phi) is 2.93. The molecule has 1 heterocycles. The molecule has 1 saturated heterocycles. The normalized spacial score (nSPS) is 35.2. The average molecular weight is 246 g/mol. The van der Waals surface area contributed by atoms with E-state index < -0.39 is 24.7 Å². The van der Waals surface area contributed by atoms with Gasteiger partial charge in [-0.3, -0.25) is 13.8 Å². The second-order valence-corrected chi connectivity index (χ2v) is 6.70. The van der Waals surface area contributed by atoms with Crippen LogP contribution in [-0.4, -0.2) is 30.3 Å². The Balaban J connectivity index is 3.36. The molecule has 6 nitrogen and oxygen atoms in total. The van der Waals surface area contributed by atoms with Crippen LogP contribution in [0, 0.1) is 16.7 Å². The second kappa shape index (κ2) is 3.56. The van der Waals surface area contributed by atoms with Crippen LogP contribution >= 0.6 is 7.75 Å². The molecule has 1 aliphatic rings. The van der Waals surface area contributed by atoms with Crippen molar-refractivity contribution >= 4 is 13.7 Å². The van der Waals surface area contributed by atoms with Crippen LogP contribution in [0.1, 0.15) is 20.8 Å². The van der Waals surface area contributed by atoms with E-state index in [9.17, 15) is 9.36 Å². The predicted octanol–water partition coefficient (Wildman–Crippen LogP) is 1.54. The van der Waals surface area contributed by atoms with E-state index in [-0.39, 0.29) is 0 Å². The van der Waals surface area contributed by atoms with E-state index in [0.717, 1.165) is 4.67 Å². The van der Waals surface area contributed by atoms with Crippen molar-refractivity contribution < 1.29 is 18.4 Å². The molecule has 90 valence electrons. The van der Waals surface area contributed by atoms with Gasteiger partial charge in [-0.25, -0.2) is 9.24 Å². The van der Waals surface area contributed by atoms with E-state index in [1.165, 1.54) is 14.2 Å². The fourth-order valence-electron chi connectivity index (χ4n) is 1.47. The molecule has 0 aromatic carbocycles. The van der Waals surface area contributed by atoms with Crippen molar-refractivity contribution in [1.29, 1.82) is 5.26 Å². The van der Waals surface area contributed by atoms with Gasteiger partial charge in [0.2, 0.25) is 5.60 Å². The summed E-state index contributed by atoms with van der Waals surface area (Å²) in [6.45, 7) is 5.02. The molecule has 0 bridgehead atoms. The summed E-state index contributed by atoms with van der Waals surface area (Å²) in [5.74, 6) is -0.632. The first-order chi connectivity index (χ1) is 7.14. The minimum absolute atomic E-state index is 0.632. The maximum absolute atomic E-state index is 12.1. The molecular weight excluding hydrogens is 231 g/mol. The number of carbonyl (C=O) groups excluding carboxylic acids is 1. The van der Waals surface area contributed by atoms with E-state index in [2.05, 4.69) is 0 Å². The van der Waals surface area contributed by atoms with Gasteiger partial charge in [-0.2, -0.15) is 5.26 Å². The fraction of sp³-hybridized carbons (Fsp3) is 0.778. The molecule has 0 aromatic heterocycles. The maximum atomic E-state index is 12.1. The summed E-state index contributed by atoms with van der Waals surface area (Å²) in [6.07, 6.45) is 0. The highest BCUT2D eigenvalue weighted by molar-refractivity contribution is 7.52. The molecule has 1 fully saturated rings. The third-order valence-corrected chi connectivity index (χ3v) is 4.54. The van der Waals surface area contributed by atoms with Crippen LogP contribution < -0.4 is 0 Å². The van der Waals surface area contributed by atoms with Crippen molar-refractivity contribution in [2.45, 2.75) is 26.4 Å². The number of amides is 1. The van der Waals surface area contributed by atoms with Gasteiger partial charge in [-0.15, -0.1) is 0 Å². The standard InChI is InChI=1S/C9H15N2O4P/c1-8(2,3)9(6-10)7(12)11(4)16(13,14-5)15-9/h1-5H3/t9-,16+/m1/s1. The van der Waals surface area contributed by atoms with Gasteiger partial charge in [0.05, 0.1) is 0 Å². The molecule has 1 rings (SSSR count). The largest absolute Gasteiger partial charge is 0.439 e. The van der Waals surface area contributed by atoms with Crippen molar-refractivity contribution in [3.63, 3.8) is 0 Å². The van der Waals surface area contributed by atoms with Crippen molar-refractivity contribution in [1.82, 2.24) is 4.67 Å². The first kappa shape index (κ1) is 13.2. The van der Waals surface area contributed by atoms with Crippen LogP contribution in [0.25, 0.3) is 0 Å². The quantitative estimate of drug-likeness (QED) is 0.655. The molecule has 0 radical (unpaired) electrons. The third kappa shape index (κ3) is 1.47. The smallest absolute Gasteiger partial charge is 0.295 e. The predicted molar refractivity (Wildman–Crippen MR) is 56.3 cm³/mol. The lowest BCUT2D eigenvalue weighted by molar-refractivity contribution is -0.138. The van der Waals surface area contributed by atoms with Crippen molar-refractivity contribution in [2.75, 3.05) is 14.2 Å². The second-order valence-electron chi connectivity index (χ2n) is 4.61. The first-order valence-electron chi connectivity index (χ1n) is 4.71. The van der Waals surface area contributed by atoms with Gasteiger partial charge in [0.25, 0.3) is 5.91 Å². The SMILES string of the molecule is CO[P@]1(=O)O[C@@](C#N)(C(C)(C)C)C(=O)N1C. The summed E-state index contributed by atoms with van der Waals surface area (Å²) in [5, 5.41) is 9.17. The Morgan fingerprint density at radius 1 is 1.56 bits per heavy atom. The highest BCUT2D eigenvalue weighted by Gasteiger charge is 2.64. The molecular formula is C9H15N2O4P. The van der Waals surface area contributed by atoms with Gasteiger partial charge in [-0.1, -0.05) is 20.8 Å².